The highest BCUT2D eigenvalue weighted by molar-refractivity contribution is 7.92. The summed E-state index contributed by atoms with van der Waals surface area (Å²) in [6.07, 6.45) is 0. The first-order chi connectivity index (χ1) is 14.2. The maximum absolute atomic E-state index is 12.9. The highest BCUT2D eigenvalue weighted by Crippen LogP contribution is 2.37. The number of carboxylic acid groups (broad SMARTS) is 1. The molecule has 3 aromatic carbocycles. The Kier molecular flexibility index (Phi) is 6.27. The number of aliphatic carboxylic acids is 1. The van der Waals surface area contributed by atoms with Crippen LogP contribution in [0.2, 0.25) is 10.0 Å². The van der Waals surface area contributed by atoms with E-state index in [4.69, 9.17) is 33.0 Å². The molecule has 0 fully saturated rings. The van der Waals surface area contributed by atoms with Crippen molar-refractivity contribution in [2.75, 3.05) is 11.3 Å². The lowest BCUT2D eigenvalue weighted by molar-refractivity contribution is -0.139. The highest BCUT2D eigenvalue weighted by atomic mass is 35.5. The lowest BCUT2D eigenvalue weighted by Crippen LogP contribution is -2.16. The van der Waals surface area contributed by atoms with E-state index >= 15 is 0 Å². The molecule has 154 valence electrons. The number of ether oxygens (including phenoxy) is 1. The van der Waals surface area contributed by atoms with Crippen molar-refractivity contribution in [1.82, 2.24) is 0 Å². The molecule has 0 unspecified atom stereocenters. The minimum absolute atomic E-state index is 0.00495. The zero-order valence-corrected chi connectivity index (χ0v) is 17.3. The first-order valence-corrected chi connectivity index (χ1v) is 10.5. The van der Waals surface area contributed by atoms with Crippen molar-refractivity contribution in [2.24, 2.45) is 0 Å². The average Bonchev–Trinajstić information content (AvgIpc) is 2.70. The standard InChI is InChI=1S/C20H13Cl2NO6S/c21-14-9-15(22)20(26)18(10-14)30(27,28)23-16-8-13(12-4-2-1-3-5-12)6-7-17(16)29-11-19(24)25/h2,4-10,23,26H,11H2,(H,24,25). The molecule has 0 bridgehead atoms. The second-order valence-corrected chi connectivity index (χ2v) is 8.45. The van der Waals surface area contributed by atoms with Crippen LogP contribution in [0.3, 0.4) is 0 Å². The SMILES string of the molecule is O=C(O)COc1ccc(-c2cc#ccc2)cc1NS(=O)(=O)c1cc(Cl)cc(Cl)c1O. The molecule has 0 aromatic heterocycles. The monoisotopic (exact) mass is 465 g/mol. The first kappa shape index (κ1) is 21.6. The molecular formula is C20H13Cl2NO6S. The summed E-state index contributed by atoms with van der Waals surface area (Å²) in [6.45, 7) is -0.684. The molecule has 3 aromatic rings. The van der Waals surface area contributed by atoms with Crippen LogP contribution in [0.15, 0.2) is 53.4 Å². The van der Waals surface area contributed by atoms with Crippen LogP contribution in [0.5, 0.6) is 11.5 Å². The van der Waals surface area contributed by atoms with Crippen molar-refractivity contribution in [3.63, 3.8) is 0 Å². The molecule has 0 aliphatic carbocycles. The summed E-state index contributed by atoms with van der Waals surface area (Å²) in [5, 5.41) is 18.7. The van der Waals surface area contributed by atoms with Gasteiger partial charge in [-0.3, -0.25) is 4.72 Å². The van der Waals surface area contributed by atoms with Crippen LogP contribution < -0.4 is 9.46 Å². The minimum Gasteiger partial charge on any atom is -0.505 e. The third-order valence-corrected chi connectivity index (χ3v) is 5.73. The molecule has 0 amide bonds. The van der Waals surface area contributed by atoms with Gasteiger partial charge in [-0.2, -0.15) is 0 Å². The first-order valence-electron chi connectivity index (χ1n) is 8.25. The van der Waals surface area contributed by atoms with Gasteiger partial charge in [-0.15, -0.1) is 0 Å². The second-order valence-electron chi connectivity index (χ2n) is 5.95. The molecule has 0 saturated carbocycles. The number of anilines is 1. The van der Waals surface area contributed by atoms with Crippen LogP contribution in [-0.4, -0.2) is 31.2 Å². The number of sulfonamides is 1. The summed E-state index contributed by atoms with van der Waals surface area (Å²) >= 11 is 11.7. The molecule has 30 heavy (non-hydrogen) atoms. The Bertz CT molecular complexity index is 1200. The molecule has 0 aliphatic rings. The Morgan fingerprint density at radius 1 is 1.10 bits per heavy atom. The van der Waals surface area contributed by atoms with Crippen molar-refractivity contribution in [3.8, 4) is 22.6 Å². The maximum Gasteiger partial charge on any atom is 0.341 e. The van der Waals surface area contributed by atoms with Crippen molar-refractivity contribution >= 4 is 44.9 Å². The quantitative estimate of drug-likeness (QED) is 0.481. The summed E-state index contributed by atoms with van der Waals surface area (Å²) in [5.74, 6) is -1.94. The van der Waals surface area contributed by atoms with E-state index < -0.39 is 33.2 Å². The number of carbonyl (C=O) groups is 1. The molecule has 0 spiro atoms. The molecule has 7 nitrogen and oxygen atoms in total. The molecule has 0 radical (unpaired) electrons. The summed E-state index contributed by atoms with van der Waals surface area (Å²) < 4.78 is 33.3. The van der Waals surface area contributed by atoms with Gasteiger partial charge in [0.15, 0.2) is 12.4 Å². The predicted octanol–water partition coefficient (Wildman–Crippen LogP) is 4.23. The van der Waals surface area contributed by atoms with Gasteiger partial charge in [-0.1, -0.05) is 41.4 Å². The molecule has 0 saturated heterocycles. The van der Waals surface area contributed by atoms with E-state index in [2.05, 4.69) is 16.9 Å². The van der Waals surface area contributed by atoms with Crippen LogP contribution in [0.25, 0.3) is 11.1 Å². The summed E-state index contributed by atoms with van der Waals surface area (Å²) in [5.41, 5.74) is 1.28. The van der Waals surface area contributed by atoms with E-state index in [1.54, 1.807) is 24.3 Å². The lowest BCUT2D eigenvalue weighted by Gasteiger charge is -2.15. The van der Waals surface area contributed by atoms with Gasteiger partial charge in [0.05, 0.1) is 10.7 Å². The van der Waals surface area contributed by atoms with Gasteiger partial charge in [-0.25, -0.2) is 13.2 Å². The Morgan fingerprint density at radius 3 is 2.53 bits per heavy atom. The number of rotatable bonds is 7. The smallest absolute Gasteiger partial charge is 0.341 e. The predicted molar refractivity (Wildman–Crippen MR) is 112 cm³/mol. The van der Waals surface area contributed by atoms with Gasteiger partial charge in [0.2, 0.25) is 0 Å². The van der Waals surface area contributed by atoms with E-state index in [1.807, 2.05) is 0 Å². The number of nitrogens with one attached hydrogen (secondary N) is 1. The molecule has 0 heterocycles. The van der Waals surface area contributed by atoms with Gasteiger partial charge < -0.3 is 14.9 Å². The Hall–Kier alpha value is -3.12. The number of benzene rings is 2. The molecule has 3 N–H and O–H groups in total. The van der Waals surface area contributed by atoms with Crippen molar-refractivity contribution in [3.05, 3.63) is 70.7 Å². The number of phenolic OH excluding ortho intramolecular Hbond substituents is 1. The van der Waals surface area contributed by atoms with E-state index in [0.717, 1.165) is 6.07 Å². The minimum atomic E-state index is -4.36. The van der Waals surface area contributed by atoms with Gasteiger partial charge in [0.1, 0.15) is 10.6 Å². The Balaban J connectivity index is 2.07. The topological polar surface area (TPSA) is 113 Å². The Labute approximate surface area is 182 Å². The Morgan fingerprint density at radius 2 is 1.87 bits per heavy atom. The van der Waals surface area contributed by atoms with Crippen molar-refractivity contribution in [1.29, 1.82) is 0 Å². The average molecular weight is 466 g/mol. The summed E-state index contributed by atoms with van der Waals surface area (Å²) in [6, 6.07) is 17.3. The van der Waals surface area contributed by atoms with Gasteiger partial charge in [0.25, 0.3) is 10.0 Å². The van der Waals surface area contributed by atoms with Crippen LogP contribution in [0.4, 0.5) is 5.69 Å². The van der Waals surface area contributed by atoms with Crippen LogP contribution in [0, 0.1) is 12.1 Å². The van der Waals surface area contributed by atoms with Gasteiger partial charge in [-0.05, 0) is 53.6 Å². The third kappa shape index (κ3) is 4.89. The summed E-state index contributed by atoms with van der Waals surface area (Å²) in [7, 11) is -4.36. The number of carboxylic acids is 1. The number of halogens is 2. The maximum atomic E-state index is 12.9. The molecule has 3 rings (SSSR count). The lowest BCUT2D eigenvalue weighted by atomic mass is 10.1. The number of hydrogen-bond acceptors (Lipinski definition) is 5. The van der Waals surface area contributed by atoms with Gasteiger partial charge >= 0.3 is 5.97 Å². The van der Waals surface area contributed by atoms with Crippen LogP contribution >= 0.6 is 23.2 Å². The van der Waals surface area contributed by atoms with E-state index in [-0.39, 0.29) is 21.5 Å². The third-order valence-electron chi connectivity index (χ3n) is 3.85. The number of phenols is 1. The molecule has 0 atom stereocenters. The zero-order chi connectivity index (χ0) is 21.9. The van der Waals surface area contributed by atoms with Gasteiger partial charge in [0, 0.05) is 5.02 Å². The zero-order valence-electron chi connectivity index (χ0n) is 15.0. The van der Waals surface area contributed by atoms with Crippen molar-refractivity contribution in [2.45, 2.75) is 4.90 Å². The number of hydrogen-bond donors (Lipinski definition) is 3. The molecule has 10 heteroatoms. The van der Waals surface area contributed by atoms with Crippen LogP contribution in [-0.2, 0) is 14.8 Å². The fourth-order valence-electron chi connectivity index (χ4n) is 2.53. The molecule has 0 aliphatic heterocycles. The molecular weight excluding hydrogens is 453 g/mol. The van der Waals surface area contributed by atoms with E-state index in [0.29, 0.717) is 11.1 Å². The van der Waals surface area contributed by atoms with Crippen LogP contribution in [0.1, 0.15) is 0 Å². The summed E-state index contributed by atoms with van der Waals surface area (Å²) in [4.78, 5) is 10.3. The largest absolute Gasteiger partial charge is 0.505 e. The fourth-order valence-corrected chi connectivity index (χ4v) is 4.35. The second kappa shape index (κ2) is 8.71. The van der Waals surface area contributed by atoms with Crippen molar-refractivity contribution < 1.29 is 28.2 Å². The van der Waals surface area contributed by atoms with E-state index in [9.17, 15) is 18.3 Å². The fraction of sp³-hybridized carbons (Fsp3) is 0.0500. The van der Waals surface area contributed by atoms with E-state index in [1.165, 1.54) is 18.2 Å². The number of aromatic hydroxyl groups is 1. The normalized spacial score (nSPS) is 10.9. The highest BCUT2D eigenvalue weighted by Gasteiger charge is 2.24.